The highest BCUT2D eigenvalue weighted by Crippen LogP contribution is 2.20. The third kappa shape index (κ3) is 4.03. The Morgan fingerprint density at radius 3 is 2.81 bits per heavy atom. The molecular formula is C22H26N4O. The molecule has 5 heteroatoms. The van der Waals surface area contributed by atoms with Crippen LogP contribution < -0.4 is 5.32 Å². The predicted octanol–water partition coefficient (Wildman–Crippen LogP) is 4.27. The molecule has 5 nitrogen and oxygen atoms in total. The Hall–Kier alpha value is -2.66. The van der Waals surface area contributed by atoms with Crippen molar-refractivity contribution in [2.75, 3.05) is 11.9 Å². The molecule has 1 N–H and O–H groups in total. The molecule has 0 aliphatic carbocycles. The number of carbonyl (C=O) groups is 1. The standard InChI is InChI=1S/C22H26N4O/c1-16-10-12-26-15-20(24-21(26)13-16)22(27)23-19-8-6-18(7-9-19)14-25-11-4-3-5-17(25)2/h6-10,12-13,15,17H,3-5,11,14H2,1-2H3,(H,23,27). The lowest BCUT2D eigenvalue weighted by Crippen LogP contribution is -2.36. The minimum Gasteiger partial charge on any atom is -0.321 e. The minimum atomic E-state index is -0.186. The van der Waals surface area contributed by atoms with Gasteiger partial charge in [-0.25, -0.2) is 4.98 Å². The maximum absolute atomic E-state index is 12.5. The lowest BCUT2D eigenvalue weighted by molar-refractivity contribution is 0.102. The van der Waals surface area contributed by atoms with Gasteiger partial charge in [0.2, 0.25) is 0 Å². The van der Waals surface area contributed by atoms with E-state index in [0.29, 0.717) is 11.7 Å². The topological polar surface area (TPSA) is 49.6 Å². The first kappa shape index (κ1) is 17.7. The Labute approximate surface area is 160 Å². The van der Waals surface area contributed by atoms with Gasteiger partial charge in [-0.1, -0.05) is 18.6 Å². The highest BCUT2D eigenvalue weighted by Gasteiger charge is 2.18. The van der Waals surface area contributed by atoms with Crippen molar-refractivity contribution in [3.63, 3.8) is 0 Å². The summed E-state index contributed by atoms with van der Waals surface area (Å²) < 4.78 is 1.87. The third-order valence-corrected chi connectivity index (χ3v) is 5.39. The molecule has 2 aromatic heterocycles. The number of anilines is 1. The summed E-state index contributed by atoms with van der Waals surface area (Å²) in [7, 11) is 0. The van der Waals surface area contributed by atoms with E-state index in [0.717, 1.165) is 23.4 Å². The van der Waals surface area contributed by atoms with Gasteiger partial charge in [0.15, 0.2) is 0 Å². The number of amides is 1. The Morgan fingerprint density at radius 2 is 2.04 bits per heavy atom. The molecule has 0 spiro atoms. The second kappa shape index (κ2) is 7.53. The summed E-state index contributed by atoms with van der Waals surface area (Å²) in [6.45, 7) is 6.47. The van der Waals surface area contributed by atoms with Crippen molar-refractivity contribution in [1.29, 1.82) is 0 Å². The van der Waals surface area contributed by atoms with Gasteiger partial charge in [-0.15, -0.1) is 0 Å². The SMILES string of the molecule is Cc1ccn2cc(C(=O)Nc3ccc(CN4CCCCC4C)cc3)nc2c1. The van der Waals surface area contributed by atoms with E-state index in [2.05, 4.69) is 34.3 Å². The average molecular weight is 362 g/mol. The molecule has 0 radical (unpaired) electrons. The molecule has 3 heterocycles. The maximum atomic E-state index is 12.5. The van der Waals surface area contributed by atoms with Gasteiger partial charge in [-0.3, -0.25) is 9.69 Å². The molecule has 4 rings (SSSR count). The number of hydrogen-bond acceptors (Lipinski definition) is 3. The summed E-state index contributed by atoms with van der Waals surface area (Å²) in [4.78, 5) is 19.5. The summed E-state index contributed by atoms with van der Waals surface area (Å²) in [5.41, 5.74) is 4.41. The number of aryl methyl sites for hydroxylation is 1. The fourth-order valence-corrected chi connectivity index (χ4v) is 3.71. The Morgan fingerprint density at radius 1 is 1.22 bits per heavy atom. The fourth-order valence-electron chi connectivity index (χ4n) is 3.71. The molecule has 1 atom stereocenters. The van der Waals surface area contributed by atoms with Crippen LogP contribution >= 0.6 is 0 Å². The number of carbonyl (C=O) groups excluding carboxylic acids is 1. The van der Waals surface area contributed by atoms with Crippen molar-refractivity contribution in [1.82, 2.24) is 14.3 Å². The zero-order valence-corrected chi connectivity index (χ0v) is 16.0. The molecule has 0 bridgehead atoms. The monoisotopic (exact) mass is 362 g/mol. The van der Waals surface area contributed by atoms with Crippen molar-refractivity contribution in [2.24, 2.45) is 0 Å². The summed E-state index contributed by atoms with van der Waals surface area (Å²) >= 11 is 0. The van der Waals surface area contributed by atoms with Crippen molar-refractivity contribution in [2.45, 2.75) is 45.7 Å². The molecule has 0 saturated carbocycles. The second-order valence-electron chi connectivity index (χ2n) is 7.56. The molecule has 1 unspecified atom stereocenters. The lowest BCUT2D eigenvalue weighted by atomic mass is 10.0. The smallest absolute Gasteiger partial charge is 0.275 e. The lowest BCUT2D eigenvalue weighted by Gasteiger charge is -2.33. The number of nitrogens with one attached hydrogen (secondary N) is 1. The Kier molecular flexibility index (Phi) is 4.94. The molecule has 1 aliphatic rings. The molecule has 1 fully saturated rings. The normalized spacial score (nSPS) is 17.9. The summed E-state index contributed by atoms with van der Waals surface area (Å²) in [5.74, 6) is -0.186. The number of pyridine rings is 1. The number of imidazole rings is 1. The van der Waals surface area contributed by atoms with Crippen molar-refractivity contribution in [3.05, 3.63) is 65.6 Å². The van der Waals surface area contributed by atoms with Crippen LogP contribution in [0.1, 0.15) is 47.8 Å². The van der Waals surface area contributed by atoms with E-state index in [1.54, 1.807) is 6.20 Å². The van der Waals surface area contributed by atoms with Crippen LogP contribution in [0.5, 0.6) is 0 Å². The number of likely N-dealkylation sites (tertiary alicyclic amines) is 1. The molecule has 1 saturated heterocycles. The van der Waals surface area contributed by atoms with Crippen LogP contribution in [-0.2, 0) is 6.54 Å². The van der Waals surface area contributed by atoms with E-state index in [4.69, 9.17) is 0 Å². The van der Waals surface area contributed by atoms with Gasteiger partial charge < -0.3 is 9.72 Å². The zero-order chi connectivity index (χ0) is 18.8. The highest BCUT2D eigenvalue weighted by molar-refractivity contribution is 6.03. The average Bonchev–Trinajstić information content (AvgIpc) is 3.08. The van der Waals surface area contributed by atoms with Crippen LogP contribution in [-0.4, -0.2) is 32.8 Å². The van der Waals surface area contributed by atoms with Crippen LogP contribution in [0.4, 0.5) is 5.69 Å². The van der Waals surface area contributed by atoms with E-state index in [1.807, 2.05) is 41.8 Å². The first-order valence-corrected chi connectivity index (χ1v) is 9.68. The number of benzene rings is 1. The van der Waals surface area contributed by atoms with Crippen LogP contribution in [0, 0.1) is 6.92 Å². The zero-order valence-electron chi connectivity index (χ0n) is 16.0. The number of piperidine rings is 1. The van der Waals surface area contributed by atoms with Crippen LogP contribution in [0.3, 0.4) is 0 Å². The van der Waals surface area contributed by atoms with E-state index < -0.39 is 0 Å². The molecular weight excluding hydrogens is 336 g/mol. The largest absolute Gasteiger partial charge is 0.321 e. The number of hydrogen-bond donors (Lipinski definition) is 1. The highest BCUT2D eigenvalue weighted by atomic mass is 16.1. The summed E-state index contributed by atoms with van der Waals surface area (Å²) in [6, 6.07) is 12.8. The van der Waals surface area contributed by atoms with E-state index in [1.165, 1.54) is 31.4 Å². The summed E-state index contributed by atoms with van der Waals surface area (Å²) in [5, 5.41) is 2.95. The van der Waals surface area contributed by atoms with Gasteiger partial charge >= 0.3 is 0 Å². The van der Waals surface area contributed by atoms with Crippen LogP contribution in [0.25, 0.3) is 5.65 Å². The number of nitrogens with zero attached hydrogens (tertiary/aromatic N) is 3. The first-order chi connectivity index (χ1) is 13.1. The molecule has 1 aromatic carbocycles. The Bertz CT molecular complexity index is 945. The van der Waals surface area contributed by atoms with Gasteiger partial charge in [-0.05, 0) is 68.6 Å². The van der Waals surface area contributed by atoms with Crippen molar-refractivity contribution in [3.8, 4) is 0 Å². The molecule has 1 aliphatic heterocycles. The number of rotatable bonds is 4. The molecule has 140 valence electrons. The number of fused-ring (bicyclic) bond motifs is 1. The van der Waals surface area contributed by atoms with Gasteiger partial charge in [0, 0.05) is 30.7 Å². The second-order valence-corrected chi connectivity index (χ2v) is 7.56. The van der Waals surface area contributed by atoms with Gasteiger partial charge in [-0.2, -0.15) is 0 Å². The van der Waals surface area contributed by atoms with Crippen LogP contribution in [0.2, 0.25) is 0 Å². The molecule has 3 aromatic rings. The van der Waals surface area contributed by atoms with Gasteiger partial charge in [0.25, 0.3) is 5.91 Å². The van der Waals surface area contributed by atoms with Crippen molar-refractivity contribution < 1.29 is 4.79 Å². The predicted molar refractivity (Wildman–Crippen MR) is 108 cm³/mol. The third-order valence-electron chi connectivity index (χ3n) is 5.39. The van der Waals surface area contributed by atoms with E-state index in [9.17, 15) is 4.79 Å². The van der Waals surface area contributed by atoms with Gasteiger partial charge in [0.1, 0.15) is 11.3 Å². The fraction of sp³-hybridized carbons (Fsp3) is 0.364. The Balaban J connectivity index is 1.42. The summed E-state index contributed by atoms with van der Waals surface area (Å²) in [6.07, 6.45) is 7.59. The number of aromatic nitrogens is 2. The minimum absolute atomic E-state index is 0.186. The van der Waals surface area contributed by atoms with E-state index >= 15 is 0 Å². The first-order valence-electron chi connectivity index (χ1n) is 9.68. The maximum Gasteiger partial charge on any atom is 0.275 e. The van der Waals surface area contributed by atoms with Crippen molar-refractivity contribution >= 4 is 17.2 Å². The van der Waals surface area contributed by atoms with Gasteiger partial charge in [0.05, 0.1) is 0 Å². The van der Waals surface area contributed by atoms with E-state index in [-0.39, 0.29) is 5.91 Å². The van der Waals surface area contributed by atoms with Crippen LogP contribution in [0.15, 0.2) is 48.8 Å². The quantitative estimate of drug-likeness (QED) is 0.754. The molecule has 1 amide bonds. The molecule has 27 heavy (non-hydrogen) atoms.